The Morgan fingerprint density at radius 2 is 1.71 bits per heavy atom. The summed E-state index contributed by atoms with van der Waals surface area (Å²) < 4.78 is 64.9. The molecule has 0 spiro atoms. The number of halogens is 3. The Bertz CT molecular complexity index is 1180. The summed E-state index contributed by atoms with van der Waals surface area (Å²) in [6.07, 6.45) is -2.21. The molecule has 0 unspecified atom stereocenters. The van der Waals surface area contributed by atoms with Crippen LogP contribution in [0.4, 0.5) is 13.2 Å². The summed E-state index contributed by atoms with van der Waals surface area (Å²) in [6.45, 7) is 0.465. The first-order chi connectivity index (χ1) is 16.5. The molecule has 1 aliphatic carbocycles. The molecule has 1 saturated heterocycles. The summed E-state index contributed by atoms with van der Waals surface area (Å²) in [7, 11) is -3.62. The van der Waals surface area contributed by atoms with Crippen LogP contribution in [0.5, 0.6) is 0 Å². The van der Waals surface area contributed by atoms with E-state index in [1.807, 2.05) is 0 Å². The van der Waals surface area contributed by atoms with Gasteiger partial charge in [-0.3, -0.25) is 9.59 Å². The Morgan fingerprint density at radius 3 is 2.43 bits per heavy atom. The Kier molecular flexibility index (Phi) is 7.35. The lowest BCUT2D eigenvalue weighted by molar-refractivity contribution is -0.138. The SMILES string of the molecule is O=C1CC[C@@H](N2CC[C@@H](CCc3cccc(C(F)(F)F)c3)C2=O)[C@H](CS(=O)(=O)c2ccccc2)C1. The van der Waals surface area contributed by atoms with Gasteiger partial charge < -0.3 is 4.90 Å². The highest BCUT2D eigenvalue weighted by Gasteiger charge is 2.42. The molecule has 1 heterocycles. The number of likely N-dealkylation sites (tertiary alicyclic amines) is 1. The van der Waals surface area contributed by atoms with Gasteiger partial charge in [-0.05, 0) is 49.4 Å². The van der Waals surface area contributed by atoms with E-state index >= 15 is 0 Å². The van der Waals surface area contributed by atoms with Crippen molar-refractivity contribution in [3.05, 3.63) is 65.7 Å². The lowest BCUT2D eigenvalue weighted by Crippen LogP contribution is -2.47. The summed E-state index contributed by atoms with van der Waals surface area (Å²) in [6, 6.07) is 12.9. The number of sulfone groups is 1. The lowest BCUT2D eigenvalue weighted by Gasteiger charge is -2.37. The normalized spacial score (nSPS) is 23.6. The quantitative estimate of drug-likeness (QED) is 0.545. The van der Waals surface area contributed by atoms with Crippen molar-refractivity contribution in [2.45, 2.75) is 55.6 Å². The predicted molar refractivity (Wildman–Crippen MR) is 124 cm³/mol. The molecule has 2 fully saturated rings. The van der Waals surface area contributed by atoms with Gasteiger partial charge in [0.15, 0.2) is 9.84 Å². The van der Waals surface area contributed by atoms with E-state index in [1.165, 1.54) is 18.2 Å². The summed E-state index contributed by atoms with van der Waals surface area (Å²) in [5.41, 5.74) is -0.176. The molecule has 0 radical (unpaired) electrons. The van der Waals surface area contributed by atoms with Crippen molar-refractivity contribution in [1.29, 1.82) is 0 Å². The number of hydrogen-bond donors (Lipinski definition) is 0. The van der Waals surface area contributed by atoms with Crippen LogP contribution in [0.2, 0.25) is 0 Å². The molecule has 3 atom stereocenters. The van der Waals surface area contributed by atoms with E-state index in [0.717, 1.165) is 12.1 Å². The zero-order chi connectivity index (χ0) is 25.2. The fraction of sp³-hybridized carbons (Fsp3) is 0.462. The number of hydrogen-bond acceptors (Lipinski definition) is 4. The summed E-state index contributed by atoms with van der Waals surface area (Å²) in [5, 5.41) is 0. The molecule has 4 rings (SSSR count). The fourth-order valence-electron chi connectivity index (χ4n) is 5.27. The molecule has 2 aromatic carbocycles. The topological polar surface area (TPSA) is 71.5 Å². The van der Waals surface area contributed by atoms with Crippen molar-refractivity contribution in [2.24, 2.45) is 11.8 Å². The highest BCUT2D eigenvalue weighted by molar-refractivity contribution is 7.91. The van der Waals surface area contributed by atoms with Crippen molar-refractivity contribution in [3.8, 4) is 0 Å². The van der Waals surface area contributed by atoms with Crippen LogP contribution >= 0.6 is 0 Å². The highest BCUT2D eigenvalue weighted by Crippen LogP contribution is 2.35. The number of nitrogens with zero attached hydrogens (tertiary/aromatic N) is 1. The minimum atomic E-state index is -4.41. The van der Waals surface area contributed by atoms with Crippen LogP contribution in [0.25, 0.3) is 0 Å². The average Bonchev–Trinajstić information content (AvgIpc) is 3.18. The third-order valence-corrected chi connectivity index (χ3v) is 8.93. The summed E-state index contributed by atoms with van der Waals surface area (Å²) in [5.74, 6) is -1.10. The summed E-state index contributed by atoms with van der Waals surface area (Å²) >= 11 is 0. The molecule has 1 amide bonds. The monoisotopic (exact) mass is 507 g/mol. The van der Waals surface area contributed by atoms with E-state index in [-0.39, 0.29) is 40.7 Å². The maximum atomic E-state index is 13.2. The average molecular weight is 508 g/mol. The first-order valence-corrected chi connectivity index (χ1v) is 13.5. The fourth-order valence-corrected chi connectivity index (χ4v) is 6.93. The van der Waals surface area contributed by atoms with Crippen LogP contribution in [-0.4, -0.2) is 43.3 Å². The standard InChI is InChI=1S/C26H28F3NO4S/c27-26(28,29)21-6-4-5-18(15-21)9-10-19-13-14-30(25(19)32)24-12-11-22(31)16-20(24)17-35(33,34)23-7-2-1-3-8-23/h1-8,15,19-20,24H,9-14,16-17H2/t19-,20+,24-/m1/s1. The van der Waals surface area contributed by atoms with E-state index < -0.39 is 27.5 Å². The Hall–Kier alpha value is -2.68. The molecule has 188 valence electrons. The zero-order valence-electron chi connectivity index (χ0n) is 19.2. The second-order valence-electron chi connectivity index (χ2n) is 9.46. The smallest absolute Gasteiger partial charge is 0.339 e. The van der Waals surface area contributed by atoms with Crippen LogP contribution in [-0.2, 0) is 32.0 Å². The van der Waals surface area contributed by atoms with Crippen LogP contribution in [0.1, 0.15) is 43.2 Å². The molecule has 1 saturated carbocycles. The number of rotatable bonds is 7. The number of aryl methyl sites for hydroxylation is 1. The maximum Gasteiger partial charge on any atom is 0.416 e. The molecule has 0 aromatic heterocycles. The van der Waals surface area contributed by atoms with Crippen LogP contribution in [0.3, 0.4) is 0 Å². The van der Waals surface area contributed by atoms with E-state index in [0.29, 0.717) is 44.2 Å². The van der Waals surface area contributed by atoms with Crippen molar-refractivity contribution in [3.63, 3.8) is 0 Å². The van der Waals surface area contributed by atoms with Gasteiger partial charge >= 0.3 is 6.18 Å². The zero-order valence-corrected chi connectivity index (χ0v) is 20.0. The number of alkyl halides is 3. The lowest BCUT2D eigenvalue weighted by atomic mass is 9.84. The first kappa shape index (κ1) is 25.4. The van der Waals surface area contributed by atoms with Gasteiger partial charge in [0.05, 0.1) is 16.2 Å². The third kappa shape index (κ3) is 5.94. The van der Waals surface area contributed by atoms with E-state index in [9.17, 15) is 31.2 Å². The Morgan fingerprint density at radius 1 is 0.971 bits per heavy atom. The maximum absolute atomic E-state index is 13.2. The van der Waals surface area contributed by atoms with Gasteiger partial charge in [-0.25, -0.2) is 8.42 Å². The number of carbonyl (C=O) groups excluding carboxylic acids is 2. The number of ketones is 1. The Labute approximate surface area is 203 Å². The van der Waals surface area contributed by atoms with Crippen molar-refractivity contribution in [2.75, 3.05) is 12.3 Å². The van der Waals surface area contributed by atoms with Gasteiger partial charge in [-0.1, -0.05) is 36.4 Å². The second kappa shape index (κ2) is 10.1. The van der Waals surface area contributed by atoms with Gasteiger partial charge in [-0.15, -0.1) is 0 Å². The molecular weight excluding hydrogens is 479 g/mol. The number of Topliss-reactive ketones (excluding diaryl/α,β-unsaturated/α-hetero) is 1. The number of amides is 1. The molecule has 5 nitrogen and oxygen atoms in total. The first-order valence-electron chi connectivity index (χ1n) is 11.8. The molecule has 2 aromatic rings. The molecule has 35 heavy (non-hydrogen) atoms. The molecule has 0 N–H and O–H groups in total. The van der Waals surface area contributed by atoms with Crippen LogP contribution < -0.4 is 0 Å². The summed E-state index contributed by atoms with van der Waals surface area (Å²) in [4.78, 5) is 27.3. The van der Waals surface area contributed by atoms with Gasteiger partial charge in [0.1, 0.15) is 5.78 Å². The third-order valence-electron chi connectivity index (χ3n) is 7.08. The number of carbonyl (C=O) groups is 2. The largest absolute Gasteiger partial charge is 0.416 e. The highest BCUT2D eigenvalue weighted by atomic mass is 32.2. The van der Waals surface area contributed by atoms with Gasteiger partial charge in [0, 0.05) is 37.3 Å². The molecule has 9 heteroatoms. The minimum absolute atomic E-state index is 0.00209. The second-order valence-corrected chi connectivity index (χ2v) is 11.5. The van der Waals surface area contributed by atoms with Crippen molar-refractivity contribution < 1.29 is 31.2 Å². The van der Waals surface area contributed by atoms with Crippen LogP contribution in [0, 0.1) is 11.8 Å². The van der Waals surface area contributed by atoms with E-state index in [1.54, 1.807) is 29.2 Å². The van der Waals surface area contributed by atoms with Crippen molar-refractivity contribution >= 4 is 21.5 Å². The van der Waals surface area contributed by atoms with Gasteiger partial charge in [-0.2, -0.15) is 13.2 Å². The number of benzene rings is 2. The molecule has 2 aliphatic rings. The molecular formula is C26H28F3NO4S. The van der Waals surface area contributed by atoms with Crippen LogP contribution in [0.15, 0.2) is 59.5 Å². The van der Waals surface area contributed by atoms with Gasteiger partial charge in [0.2, 0.25) is 5.91 Å². The van der Waals surface area contributed by atoms with E-state index in [4.69, 9.17) is 0 Å². The van der Waals surface area contributed by atoms with Crippen molar-refractivity contribution in [1.82, 2.24) is 4.90 Å². The van der Waals surface area contributed by atoms with Gasteiger partial charge in [0.25, 0.3) is 0 Å². The minimum Gasteiger partial charge on any atom is -0.339 e. The molecule has 0 bridgehead atoms. The predicted octanol–water partition coefficient (Wildman–Crippen LogP) is 4.70. The van der Waals surface area contributed by atoms with E-state index in [2.05, 4.69) is 0 Å². The molecule has 1 aliphatic heterocycles. The Balaban J connectivity index is 1.43.